The summed E-state index contributed by atoms with van der Waals surface area (Å²) in [6.45, 7) is 3.50. The van der Waals surface area contributed by atoms with Crippen molar-refractivity contribution in [3.63, 3.8) is 0 Å². The van der Waals surface area contributed by atoms with Crippen molar-refractivity contribution in [3.8, 4) is 0 Å². The van der Waals surface area contributed by atoms with Gasteiger partial charge in [0.05, 0.1) is 15.6 Å². The fourth-order valence-electron chi connectivity index (χ4n) is 3.85. The van der Waals surface area contributed by atoms with Gasteiger partial charge in [-0.25, -0.2) is 4.98 Å². The van der Waals surface area contributed by atoms with Crippen LogP contribution in [-0.4, -0.2) is 31.9 Å². The quantitative estimate of drug-likeness (QED) is 0.446. The molecule has 2 aromatic carbocycles. The topological polar surface area (TPSA) is 87.5 Å². The Labute approximate surface area is 177 Å². The lowest BCUT2D eigenvalue weighted by atomic mass is 9.68. The van der Waals surface area contributed by atoms with E-state index in [1.54, 1.807) is 13.8 Å². The minimum Gasteiger partial charge on any atom is -0.481 e. The number of aromatic nitrogens is 1. The van der Waals surface area contributed by atoms with Gasteiger partial charge in [-0.05, 0) is 37.0 Å². The van der Waals surface area contributed by atoms with Gasteiger partial charge in [0.2, 0.25) is 0 Å². The van der Waals surface area contributed by atoms with E-state index >= 15 is 0 Å². The third-order valence-electron chi connectivity index (χ3n) is 5.57. The van der Waals surface area contributed by atoms with Gasteiger partial charge in [-0.1, -0.05) is 68.1 Å². The zero-order chi connectivity index (χ0) is 21.1. The van der Waals surface area contributed by atoms with Crippen molar-refractivity contribution in [2.24, 2.45) is 5.41 Å². The van der Waals surface area contributed by atoms with Crippen molar-refractivity contribution in [2.75, 3.05) is 0 Å². The maximum atomic E-state index is 12.8. The van der Waals surface area contributed by atoms with Crippen molar-refractivity contribution in [1.82, 2.24) is 4.98 Å². The molecule has 0 bridgehead atoms. The molecule has 0 amide bonds. The first-order valence-corrected chi connectivity index (χ1v) is 11.1. The van der Waals surface area contributed by atoms with Crippen LogP contribution in [0.15, 0.2) is 58.9 Å². The first-order chi connectivity index (χ1) is 13.9. The zero-order valence-electron chi connectivity index (χ0n) is 16.3. The van der Waals surface area contributed by atoms with Gasteiger partial charge in [-0.3, -0.25) is 9.59 Å². The van der Waals surface area contributed by atoms with Gasteiger partial charge in [0.1, 0.15) is 4.75 Å². The molecule has 152 valence electrons. The number of para-hydroxylation sites is 1. The van der Waals surface area contributed by atoms with E-state index in [2.05, 4.69) is 4.98 Å². The summed E-state index contributed by atoms with van der Waals surface area (Å²) in [5.41, 5.74) is 0.126. The van der Waals surface area contributed by atoms with Crippen molar-refractivity contribution in [1.29, 1.82) is 0 Å². The first-order valence-electron chi connectivity index (χ1n) is 9.44. The lowest BCUT2D eigenvalue weighted by molar-refractivity contribution is -0.160. The van der Waals surface area contributed by atoms with E-state index in [1.807, 2.05) is 54.6 Å². The molecule has 1 unspecified atom stereocenters. The lowest BCUT2D eigenvalue weighted by Gasteiger charge is -2.43. The second kappa shape index (κ2) is 8.55. The van der Waals surface area contributed by atoms with Gasteiger partial charge in [-0.15, -0.1) is 11.3 Å². The average Bonchev–Trinajstić information content (AvgIpc) is 3.11. The van der Waals surface area contributed by atoms with E-state index in [0.29, 0.717) is 4.34 Å². The van der Waals surface area contributed by atoms with E-state index in [9.17, 15) is 19.8 Å². The summed E-state index contributed by atoms with van der Waals surface area (Å²) < 4.78 is -0.0858. The van der Waals surface area contributed by atoms with E-state index in [4.69, 9.17) is 0 Å². The Morgan fingerprint density at radius 1 is 0.966 bits per heavy atom. The molecule has 29 heavy (non-hydrogen) atoms. The van der Waals surface area contributed by atoms with Crippen LogP contribution in [0.2, 0.25) is 0 Å². The van der Waals surface area contributed by atoms with Crippen LogP contribution >= 0.6 is 23.1 Å². The number of nitrogens with zero attached hydrogens (tertiary/aromatic N) is 1. The second-order valence-electron chi connectivity index (χ2n) is 6.94. The number of hydrogen-bond donors (Lipinski definition) is 2. The van der Waals surface area contributed by atoms with Crippen molar-refractivity contribution in [3.05, 3.63) is 60.2 Å². The summed E-state index contributed by atoms with van der Waals surface area (Å²) in [5.74, 6) is -2.22. The highest BCUT2D eigenvalue weighted by molar-refractivity contribution is 8.03. The molecule has 3 rings (SSSR count). The molecule has 0 aliphatic rings. The van der Waals surface area contributed by atoms with Crippen molar-refractivity contribution in [2.45, 2.75) is 42.2 Å². The molecule has 1 aromatic heterocycles. The number of benzene rings is 2. The SMILES string of the molecule is CCC(CC)(C(=O)O)C(Cc1ccccc1)(Sc1nc2ccccc2s1)C(=O)O. The fourth-order valence-corrected chi connectivity index (χ4v) is 6.75. The number of aliphatic carboxylic acids is 2. The molecular weight excluding hydrogens is 406 g/mol. The Bertz CT molecular complexity index is 981. The Kier molecular flexibility index (Phi) is 6.29. The van der Waals surface area contributed by atoms with Crippen LogP contribution in [0.3, 0.4) is 0 Å². The van der Waals surface area contributed by atoms with Crippen LogP contribution in [0.25, 0.3) is 10.2 Å². The molecule has 1 atom stereocenters. The standard InChI is InChI=1S/C22H23NO4S2/c1-3-21(4-2,18(24)25)22(19(26)27,14-15-10-6-5-7-11-15)29-20-23-16-12-8-9-13-17(16)28-20/h5-13H,3-4,14H2,1-2H3,(H,24,25)(H,26,27). The number of thioether (sulfide) groups is 1. The summed E-state index contributed by atoms with van der Waals surface area (Å²) in [6.07, 6.45) is 0.503. The van der Waals surface area contributed by atoms with Gasteiger partial charge in [0.15, 0.2) is 4.34 Å². The molecule has 0 aliphatic heterocycles. The smallest absolute Gasteiger partial charge is 0.321 e. The summed E-state index contributed by atoms with van der Waals surface area (Å²) in [5, 5.41) is 20.7. The molecule has 0 spiro atoms. The van der Waals surface area contributed by atoms with Gasteiger partial charge < -0.3 is 10.2 Å². The molecule has 2 N–H and O–H groups in total. The second-order valence-corrected chi connectivity index (χ2v) is 9.52. The normalized spacial score (nSPS) is 13.9. The fraction of sp³-hybridized carbons (Fsp3) is 0.318. The average molecular weight is 430 g/mol. The van der Waals surface area contributed by atoms with Gasteiger partial charge in [0, 0.05) is 0 Å². The molecule has 0 radical (unpaired) electrons. The number of rotatable bonds is 9. The van der Waals surface area contributed by atoms with Gasteiger partial charge >= 0.3 is 11.9 Å². The highest BCUT2D eigenvalue weighted by Gasteiger charge is 2.60. The monoisotopic (exact) mass is 429 g/mol. The molecule has 0 aliphatic carbocycles. The molecule has 5 nitrogen and oxygen atoms in total. The largest absolute Gasteiger partial charge is 0.481 e. The van der Waals surface area contributed by atoms with Crippen LogP contribution in [0.4, 0.5) is 0 Å². The molecule has 0 saturated heterocycles. The Hall–Kier alpha value is -2.38. The number of hydrogen-bond acceptors (Lipinski definition) is 5. The molecule has 1 heterocycles. The third kappa shape index (κ3) is 3.76. The van der Waals surface area contributed by atoms with E-state index in [-0.39, 0.29) is 19.3 Å². The van der Waals surface area contributed by atoms with E-state index in [0.717, 1.165) is 27.5 Å². The summed E-state index contributed by atoms with van der Waals surface area (Å²) in [6, 6.07) is 16.8. The molecule has 3 aromatic rings. The number of carboxylic acid groups (broad SMARTS) is 2. The van der Waals surface area contributed by atoms with Gasteiger partial charge in [-0.2, -0.15) is 0 Å². The van der Waals surface area contributed by atoms with E-state index in [1.165, 1.54) is 11.3 Å². The maximum absolute atomic E-state index is 12.8. The number of carboxylic acids is 2. The van der Waals surface area contributed by atoms with E-state index < -0.39 is 22.1 Å². The van der Waals surface area contributed by atoms with Gasteiger partial charge in [0.25, 0.3) is 0 Å². The first kappa shape index (κ1) is 21.3. The minimum absolute atomic E-state index is 0.0950. The zero-order valence-corrected chi connectivity index (χ0v) is 17.9. The predicted molar refractivity (Wildman–Crippen MR) is 117 cm³/mol. The van der Waals surface area contributed by atoms with Crippen molar-refractivity contribution < 1.29 is 19.8 Å². The van der Waals surface area contributed by atoms with Crippen LogP contribution < -0.4 is 0 Å². The molecular formula is C22H23NO4S2. The maximum Gasteiger partial charge on any atom is 0.321 e. The highest BCUT2D eigenvalue weighted by Crippen LogP contribution is 2.53. The summed E-state index contributed by atoms with van der Waals surface area (Å²) in [4.78, 5) is 29.9. The molecule has 0 fully saturated rings. The third-order valence-corrected chi connectivity index (χ3v) is 8.22. The number of fused-ring (bicyclic) bond motifs is 1. The Morgan fingerprint density at radius 2 is 1.59 bits per heavy atom. The lowest BCUT2D eigenvalue weighted by Crippen LogP contribution is -2.57. The number of thiazole rings is 1. The Morgan fingerprint density at radius 3 is 2.14 bits per heavy atom. The number of carbonyl (C=O) groups is 2. The Balaban J connectivity index is 2.19. The van der Waals surface area contributed by atoms with Crippen LogP contribution in [0.1, 0.15) is 32.3 Å². The summed E-state index contributed by atoms with van der Waals surface area (Å²) in [7, 11) is 0. The summed E-state index contributed by atoms with van der Waals surface area (Å²) >= 11 is 2.47. The highest BCUT2D eigenvalue weighted by atomic mass is 32.2. The van der Waals surface area contributed by atoms with Crippen LogP contribution in [0.5, 0.6) is 0 Å². The van der Waals surface area contributed by atoms with Crippen LogP contribution in [0, 0.1) is 5.41 Å². The predicted octanol–water partition coefficient (Wildman–Crippen LogP) is 5.35. The molecule has 0 saturated carbocycles. The minimum atomic E-state index is -1.60. The molecule has 7 heteroatoms. The van der Waals surface area contributed by atoms with Crippen molar-refractivity contribution >= 4 is 45.3 Å². The van der Waals surface area contributed by atoms with Crippen LogP contribution in [-0.2, 0) is 16.0 Å².